The fraction of sp³-hybridized carbons (Fsp3) is 0.200. The number of ether oxygens (including phenoxy) is 3. The van der Waals surface area contributed by atoms with Crippen molar-refractivity contribution in [3.8, 4) is 17.2 Å². The molecule has 0 bridgehead atoms. The summed E-state index contributed by atoms with van der Waals surface area (Å²) in [4.78, 5) is 27.1. The maximum Gasteiger partial charge on any atom is 0.328 e. The number of hydrogen-bond acceptors (Lipinski definition) is 9. The molecule has 2 heterocycles. The highest BCUT2D eigenvalue weighted by molar-refractivity contribution is 5.89. The highest BCUT2D eigenvalue weighted by atomic mass is 16.5. The summed E-state index contributed by atoms with van der Waals surface area (Å²) in [6.45, 7) is 0.489. The molecule has 1 aromatic heterocycles. The molecule has 1 aliphatic rings. The maximum atomic E-state index is 9.55. The first-order valence-electron chi connectivity index (χ1n) is 8.84. The van der Waals surface area contributed by atoms with Gasteiger partial charge in [-0.2, -0.15) is 4.98 Å². The van der Waals surface area contributed by atoms with Crippen molar-refractivity contribution in [2.24, 2.45) is 0 Å². The summed E-state index contributed by atoms with van der Waals surface area (Å²) in [6.07, 6.45) is 7.23. The van der Waals surface area contributed by atoms with Gasteiger partial charge in [-0.15, -0.1) is 0 Å². The predicted molar refractivity (Wildman–Crippen MR) is 112 cm³/mol. The van der Waals surface area contributed by atoms with E-state index < -0.39 is 11.9 Å². The Bertz CT molecular complexity index is 1020. The van der Waals surface area contributed by atoms with E-state index in [1.54, 1.807) is 20.4 Å². The smallest absolute Gasteiger partial charge is 0.328 e. The van der Waals surface area contributed by atoms with Crippen molar-refractivity contribution in [3.63, 3.8) is 0 Å². The van der Waals surface area contributed by atoms with E-state index in [4.69, 9.17) is 35.9 Å². The molecule has 6 N–H and O–H groups in total. The van der Waals surface area contributed by atoms with E-state index in [-0.39, 0.29) is 5.95 Å². The number of nitrogens with two attached hydrogens (primary N) is 2. The van der Waals surface area contributed by atoms with E-state index >= 15 is 0 Å². The molecule has 0 aliphatic carbocycles. The molecule has 0 unspecified atom stereocenters. The Balaban J connectivity index is 0.000000366. The third-order valence-corrected chi connectivity index (χ3v) is 4.02. The number of carbonyl (C=O) groups is 2. The van der Waals surface area contributed by atoms with Crippen LogP contribution in [0, 0.1) is 0 Å². The number of aliphatic carboxylic acids is 2. The molecule has 0 amide bonds. The van der Waals surface area contributed by atoms with Crippen LogP contribution in [0.15, 0.2) is 30.5 Å². The van der Waals surface area contributed by atoms with Crippen LogP contribution in [-0.2, 0) is 16.0 Å². The van der Waals surface area contributed by atoms with Gasteiger partial charge >= 0.3 is 11.9 Å². The monoisotopic (exact) mass is 430 g/mol. The van der Waals surface area contributed by atoms with E-state index in [9.17, 15) is 9.59 Å². The highest BCUT2D eigenvalue weighted by Crippen LogP contribution is 2.44. The van der Waals surface area contributed by atoms with Gasteiger partial charge in [0.1, 0.15) is 12.4 Å². The molecule has 11 nitrogen and oxygen atoms in total. The average Bonchev–Trinajstić information content (AvgIpc) is 2.74. The second-order valence-electron chi connectivity index (χ2n) is 6.05. The maximum absolute atomic E-state index is 9.55. The lowest BCUT2D eigenvalue weighted by Crippen LogP contribution is -2.08. The van der Waals surface area contributed by atoms with Crippen LogP contribution in [0.1, 0.15) is 16.7 Å². The summed E-state index contributed by atoms with van der Waals surface area (Å²) in [7, 11) is 3.18. The Labute approximate surface area is 177 Å². The quantitative estimate of drug-likeness (QED) is 0.486. The molecule has 0 radical (unpaired) electrons. The van der Waals surface area contributed by atoms with Gasteiger partial charge in [0, 0.05) is 35.9 Å². The number of nitrogen functional groups attached to an aromatic ring is 2. The number of hydrogen-bond donors (Lipinski definition) is 4. The summed E-state index contributed by atoms with van der Waals surface area (Å²) in [5, 5.41) is 15.6. The van der Waals surface area contributed by atoms with Gasteiger partial charge < -0.3 is 35.9 Å². The van der Waals surface area contributed by atoms with Gasteiger partial charge in [-0.1, -0.05) is 6.08 Å². The minimum atomic E-state index is -1.26. The Morgan fingerprint density at radius 1 is 1.16 bits per heavy atom. The zero-order valence-electron chi connectivity index (χ0n) is 16.9. The molecule has 0 saturated carbocycles. The van der Waals surface area contributed by atoms with Crippen LogP contribution in [0.2, 0.25) is 0 Å². The van der Waals surface area contributed by atoms with Gasteiger partial charge in [0.25, 0.3) is 0 Å². The lowest BCUT2D eigenvalue weighted by molar-refractivity contribution is -0.134. The SMILES string of the molecule is COc1cc(Cc2cnc(N)nc2N)c2c(c1OC)OCC=C2.O=C(O)/C=C\C(=O)O. The van der Waals surface area contributed by atoms with Crippen molar-refractivity contribution in [2.45, 2.75) is 6.42 Å². The van der Waals surface area contributed by atoms with Crippen molar-refractivity contribution in [1.29, 1.82) is 0 Å². The van der Waals surface area contributed by atoms with E-state index in [0.29, 0.717) is 48.2 Å². The van der Waals surface area contributed by atoms with Crippen molar-refractivity contribution in [1.82, 2.24) is 9.97 Å². The Kier molecular flexibility index (Phi) is 7.78. The van der Waals surface area contributed by atoms with E-state index in [1.165, 1.54) is 0 Å². The van der Waals surface area contributed by atoms with Gasteiger partial charge in [0.15, 0.2) is 11.5 Å². The number of aromatic nitrogens is 2. The third-order valence-electron chi connectivity index (χ3n) is 4.02. The zero-order chi connectivity index (χ0) is 23.0. The number of fused-ring (bicyclic) bond motifs is 1. The number of anilines is 2. The molecule has 0 saturated heterocycles. The first kappa shape index (κ1) is 23.0. The van der Waals surface area contributed by atoms with Gasteiger partial charge in [0.05, 0.1) is 14.2 Å². The fourth-order valence-corrected chi connectivity index (χ4v) is 2.71. The number of carboxylic acids is 2. The van der Waals surface area contributed by atoms with Gasteiger partial charge in [-0.25, -0.2) is 14.6 Å². The lowest BCUT2D eigenvalue weighted by atomic mass is 9.97. The standard InChI is InChI=1S/C16H18N4O3.C4H4O4/c1-21-12-7-9(6-10-8-19-16(18)20-15(10)17)11-4-3-5-23-13(11)14(12)22-2;5-3(6)1-2-4(7)8/h3-4,7-8H,5-6H2,1-2H3,(H4,17,18,19,20);1-2H,(H,5,6)(H,7,8)/b;2-1-. The topological polar surface area (TPSA) is 180 Å². The summed E-state index contributed by atoms with van der Waals surface area (Å²) in [6, 6.07) is 1.91. The van der Waals surface area contributed by atoms with Crippen LogP contribution in [-0.4, -0.2) is 52.9 Å². The normalized spacial score (nSPS) is 11.7. The zero-order valence-corrected chi connectivity index (χ0v) is 16.9. The largest absolute Gasteiger partial charge is 0.493 e. The number of methoxy groups -OCH3 is 2. The number of benzene rings is 1. The first-order chi connectivity index (χ1) is 14.8. The second kappa shape index (κ2) is 10.5. The van der Waals surface area contributed by atoms with Crippen LogP contribution in [0.5, 0.6) is 17.2 Å². The van der Waals surface area contributed by atoms with Crippen molar-refractivity contribution in [3.05, 3.63) is 47.2 Å². The van der Waals surface area contributed by atoms with Crippen LogP contribution < -0.4 is 25.7 Å². The first-order valence-corrected chi connectivity index (χ1v) is 8.84. The molecule has 0 spiro atoms. The molecule has 3 rings (SSSR count). The predicted octanol–water partition coefficient (Wildman–Crippen LogP) is 1.37. The van der Waals surface area contributed by atoms with Crippen LogP contribution in [0.25, 0.3) is 6.08 Å². The Hall–Kier alpha value is -4.28. The Morgan fingerprint density at radius 2 is 1.84 bits per heavy atom. The number of rotatable bonds is 6. The Morgan fingerprint density at radius 3 is 2.39 bits per heavy atom. The molecular weight excluding hydrogens is 408 g/mol. The van der Waals surface area contributed by atoms with Crippen LogP contribution in [0.4, 0.5) is 11.8 Å². The van der Waals surface area contributed by atoms with E-state index in [2.05, 4.69) is 9.97 Å². The van der Waals surface area contributed by atoms with E-state index in [0.717, 1.165) is 16.7 Å². The summed E-state index contributed by atoms with van der Waals surface area (Å²) >= 11 is 0. The summed E-state index contributed by atoms with van der Waals surface area (Å²) in [5.41, 5.74) is 14.2. The summed E-state index contributed by atoms with van der Waals surface area (Å²) in [5.74, 6) is -0.145. The van der Waals surface area contributed by atoms with E-state index in [1.807, 2.05) is 18.2 Å². The van der Waals surface area contributed by atoms with Crippen LogP contribution >= 0.6 is 0 Å². The molecule has 1 aromatic carbocycles. The van der Waals surface area contributed by atoms with Crippen molar-refractivity contribution >= 4 is 29.8 Å². The molecule has 164 valence electrons. The fourth-order valence-electron chi connectivity index (χ4n) is 2.71. The minimum Gasteiger partial charge on any atom is -0.493 e. The van der Waals surface area contributed by atoms with Crippen LogP contribution in [0.3, 0.4) is 0 Å². The van der Waals surface area contributed by atoms with Crippen molar-refractivity contribution < 1.29 is 34.0 Å². The molecule has 1 aliphatic heterocycles. The molecule has 2 aromatic rings. The lowest BCUT2D eigenvalue weighted by Gasteiger charge is -2.21. The second-order valence-corrected chi connectivity index (χ2v) is 6.05. The number of nitrogens with zero attached hydrogens (tertiary/aromatic N) is 2. The minimum absolute atomic E-state index is 0.156. The van der Waals surface area contributed by atoms with Gasteiger partial charge in [-0.05, 0) is 17.7 Å². The number of carboxylic acid groups (broad SMARTS) is 2. The van der Waals surface area contributed by atoms with Crippen molar-refractivity contribution in [2.75, 3.05) is 32.3 Å². The molecular formula is C20H22N4O7. The molecule has 31 heavy (non-hydrogen) atoms. The molecule has 0 fully saturated rings. The third kappa shape index (κ3) is 6.10. The van der Waals surface area contributed by atoms with Gasteiger partial charge in [-0.3, -0.25) is 0 Å². The molecule has 0 atom stereocenters. The summed E-state index contributed by atoms with van der Waals surface area (Å²) < 4.78 is 16.6. The van der Waals surface area contributed by atoms with Gasteiger partial charge in [0.2, 0.25) is 11.7 Å². The molecule has 11 heteroatoms. The highest BCUT2D eigenvalue weighted by Gasteiger charge is 2.22. The average molecular weight is 430 g/mol.